The molecule has 2 nitrogen and oxygen atoms in total. The Morgan fingerprint density at radius 2 is 2.19 bits per heavy atom. The van der Waals surface area contributed by atoms with E-state index in [1.165, 1.54) is 18.4 Å². The van der Waals surface area contributed by atoms with Crippen LogP contribution in [0.3, 0.4) is 0 Å². The largest absolute Gasteiger partial charge is 0.467 e. The lowest BCUT2D eigenvalue weighted by Crippen LogP contribution is -2.00. The average molecular weight is 241 g/mol. The van der Waals surface area contributed by atoms with Gasteiger partial charge in [-0.05, 0) is 29.8 Å². The molecule has 0 spiro atoms. The first-order valence-electron chi connectivity index (χ1n) is 4.82. The molecule has 1 aromatic carbocycles. The first kappa shape index (κ1) is 11.2. The van der Waals surface area contributed by atoms with Crippen molar-refractivity contribution in [2.45, 2.75) is 12.5 Å². The van der Waals surface area contributed by atoms with Gasteiger partial charge in [0, 0.05) is 6.42 Å². The van der Waals surface area contributed by atoms with Crippen LogP contribution in [0.15, 0.2) is 41.0 Å². The van der Waals surface area contributed by atoms with Gasteiger partial charge in [-0.1, -0.05) is 17.7 Å². The number of hydrogen-bond acceptors (Lipinski definition) is 2. The molecule has 16 heavy (non-hydrogen) atoms. The summed E-state index contributed by atoms with van der Waals surface area (Å²) in [6.45, 7) is 0. The molecule has 4 heteroatoms. The van der Waals surface area contributed by atoms with Crippen LogP contribution in [0.2, 0.25) is 5.02 Å². The Bertz CT molecular complexity index is 468. The summed E-state index contributed by atoms with van der Waals surface area (Å²) in [4.78, 5) is 0. The molecular weight excluding hydrogens is 231 g/mol. The number of aliphatic hydroxyl groups excluding tert-OH is 1. The third-order valence-electron chi connectivity index (χ3n) is 2.28. The maximum Gasteiger partial charge on any atom is 0.141 e. The van der Waals surface area contributed by atoms with E-state index in [0.29, 0.717) is 12.2 Å². The monoisotopic (exact) mass is 240 g/mol. The fourth-order valence-corrected chi connectivity index (χ4v) is 1.67. The van der Waals surface area contributed by atoms with Crippen molar-refractivity contribution < 1.29 is 13.9 Å². The Morgan fingerprint density at radius 1 is 1.38 bits per heavy atom. The Kier molecular flexibility index (Phi) is 3.27. The summed E-state index contributed by atoms with van der Waals surface area (Å²) in [5, 5.41) is 9.85. The summed E-state index contributed by atoms with van der Waals surface area (Å²) in [7, 11) is 0. The zero-order chi connectivity index (χ0) is 11.5. The molecule has 0 radical (unpaired) electrons. The Morgan fingerprint density at radius 3 is 2.81 bits per heavy atom. The van der Waals surface area contributed by atoms with Crippen LogP contribution >= 0.6 is 11.6 Å². The topological polar surface area (TPSA) is 33.4 Å². The van der Waals surface area contributed by atoms with Crippen LogP contribution < -0.4 is 0 Å². The lowest BCUT2D eigenvalue weighted by Gasteiger charge is -2.08. The minimum atomic E-state index is -0.739. The van der Waals surface area contributed by atoms with E-state index in [-0.39, 0.29) is 5.02 Å². The summed E-state index contributed by atoms with van der Waals surface area (Å²) >= 11 is 5.64. The Hall–Kier alpha value is -1.32. The van der Waals surface area contributed by atoms with E-state index in [1.54, 1.807) is 18.2 Å². The van der Waals surface area contributed by atoms with Crippen LogP contribution in [-0.4, -0.2) is 5.11 Å². The van der Waals surface area contributed by atoms with Crippen LogP contribution in [0.1, 0.15) is 17.4 Å². The SMILES string of the molecule is OC(Cc1ccc(F)c(Cl)c1)c1ccco1. The molecule has 0 aliphatic rings. The van der Waals surface area contributed by atoms with Crippen molar-refractivity contribution in [2.75, 3.05) is 0 Å². The molecule has 0 saturated carbocycles. The second-order valence-corrected chi connectivity index (χ2v) is 3.89. The number of hydrogen-bond donors (Lipinski definition) is 1. The first-order valence-corrected chi connectivity index (χ1v) is 5.20. The molecule has 84 valence electrons. The molecule has 0 bridgehead atoms. The zero-order valence-corrected chi connectivity index (χ0v) is 9.12. The highest BCUT2D eigenvalue weighted by molar-refractivity contribution is 6.30. The molecule has 1 N–H and O–H groups in total. The van der Waals surface area contributed by atoms with Crippen LogP contribution in [0.4, 0.5) is 4.39 Å². The molecule has 2 aromatic rings. The van der Waals surface area contributed by atoms with Crippen molar-refractivity contribution >= 4 is 11.6 Å². The molecule has 1 unspecified atom stereocenters. The van der Waals surface area contributed by atoms with Gasteiger partial charge in [0.25, 0.3) is 0 Å². The Balaban J connectivity index is 2.12. The molecule has 0 saturated heterocycles. The second-order valence-electron chi connectivity index (χ2n) is 3.48. The molecule has 0 aliphatic heterocycles. The fraction of sp³-hybridized carbons (Fsp3) is 0.167. The van der Waals surface area contributed by atoms with Crippen LogP contribution in [0, 0.1) is 5.82 Å². The average Bonchev–Trinajstić information content (AvgIpc) is 2.77. The van der Waals surface area contributed by atoms with E-state index >= 15 is 0 Å². The summed E-state index contributed by atoms with van der Waals surface area (Å²) in [5.74, 6) is 0.0263. The van der Waals surface area contributed by atoms with Crippen LogP contribution in [-0.2, 0) is 6.42 Å². The van der Waals surface area contributed by atoms with Crippen molar-refractivity contribution in [1.82, 2.24) is 0 Å². The molecule has 0 fully saturated rings. The van der Waals surface area contributed by atoms with Gasteiger partial charge < -0.3 is 9.52 Å². The molecular formula is C12H10ClFO2. The van der Waals surface area contributed by atoms with Crippen molar-refractivity contribution in [2.24, 2.45) is 0 Å². The van der Waals surface area contributed by atoms with Crippen molar-refractivity contribution in [3.8, 4) is 0 Å². The van der Waals surface area contributed by atoms with E-state index in [1.807, 2.05) is 0 Å². The maximum atomic E-state index is 12.9. The number of furan rings is 1. The van der Waals surface area contributed by atoms with Gasteiger partial charge in [-0.3, -0.25) is 0 Å². The van der Waals surface area contributed by atoms with Gasteiger partial charge in [-0.15, -0.1) is 0 Å². The molecule has 0 aliphatic carbocycles. The van der Waals surface area contributed by atoms with Crippen LogP contribution in [0.25, 0.3) is 0 Å². The number of halogens is 2. The van der Waals surface area contributed by atoms with Gasteiger partial charge in [0.2, 0.25) is 0 Å². The quantitative estimate of drug-likeness (QED) is 0.893. The maximum absolute atomic E-state index is 12.9. The standard InChI is InChI=1S/C12H10ClFO2/c13-9-6-8(3-4-10(9)14)7-11(15)12-2-1-5-16-12/h1-6,11,15H,7H2. The summed E-state index contributed by atoms with van der Waals surface area (Å²) in [5.41, 5.74) is 0.760. The lowest BCUT2D eigenvalue weighted by molar-refractivity contribution is 0.150. The highest BCUT2D eigenvalue weighted by atomic mass is 35.5. The smallest absolute Gasteiger partial charge is 0.141 e. The van der Waals surface area contributed by atoms with Gasteiger partial charge >= 0.3 is 0 Å². The normalized spacial score (nSPS) is 12.7. The van der Waals surface area contributed by atoms with E-state index in [2.05, 4.69) is 0 Å². The molecule has 1 heterocycles. The molecule has 2 rings (SSSR count). The van der Waals surface area contributed by atoms with Crippen molar-refractivity contribution in [3.63, 3.8) is 0 Å². The predicted molar refractivity (Wildman–Crippen MR) is 58.8 cm³/mol. The van der Waals surface area contributed by atoms with Gasteiger partial charge in [0.05, 0.1) is 11.3 Å². The van der Waals surface area contributed by atoms with Crippen LogP contribution in [0.5, 0.6) is 0 Å². The molecule has 0 amide bonds. The number of aliphatic hydroxyl groups is 1. The van der Waals surface area contributed by atoms with E-state index in [0.717, 1.165) is 5.56 Å². The third kappa shape index (κ3) is 2.43. The molecule has 1 aromatic heterocycles. The van der Waals surface area contributed by atoms with Gasteiger partial charge in [0.15, 0.2) is 0 Å². The lowest BCUT2D eigenvalue weighted by atomic mass is 10.1. The zero-order valence-electron chi connectivity index (χ0n) is 8.36. The molecule has 1 atom stereocenters. The van der Waals surface area contributed by atoms with Crippen molar-refractivity contribution in [1.29, 1.82) is 0 Å². The summed E-state index contributed by atoms with van der Waals surface area (Å²) < 4.78 is 18.0. The van der Waals surface area contributed by atoms with E-state index in [4.69, 9.17) is 16.0 Å². The number of rotatable bonds is 3. The Labute approximate surface area is 97.3 Å². The van der Waals surface area contributed by atoms with E-state index < -0.39 is 11.9 Å². The van der Waals surface area contributed by atoms with Gasteiger partial charge in [-0.2, -0.15) is 0 Å². The minimum absolute atomic E-state index is 0.0594. The fourth-order valence-electron chi connectivity index (χ4n) is 1.47. The van der Waals surface area contributed by atoms with Gasteiger partial charge in [-0.25, -0.2) is 4.39 Å². The second kappa shape index (κ2) is 4.68. The van der Waals surface area contributed by atoms with Crippen molar-refractivity contribution in [3.05, 3.63) is 58.8 Å². The number of benzene rings is 1. The van der Waals surface area contributed by atoms with E-state index in [9.17, 15) is 9.50 Å². The third-order valence-corrected chi connectivity index (χ3v) is 2.57. The minimum Gasteiger partial charge on any atom is -0.467 e. The summed E-state index contributed by atoms with van der Waals surface area (Å²) in [6, 6.07) is 7.77. The van der Waals surface area contributed by atoms with Gasteiger partial charge in [0.1, 0.15) is 17.7 Å². The first-order chi connectivity index (χ1) is 7.66. The predicted octanol–water partition coefficient (Wildman–Crippen LogP) is 3.35. The summed E-state index contributed by atoms with van der Waals surface area (Å²) in [6.07, 6.45) is 1.10. The highest BCUT2D eigenvalue weighted by Crippen LogP contribution is 2.22. The highest BCUT2D eigenvalue weighted by Gasteiger charge is 2.12.